The van der Waals surface area contributed by atoms with Gasteiger partial charge in [0.15, 0.2) is 0 Å². The van der Waals surface area contributed by atoms with Crippen LogP contribution >= 0.6 is 11.8 Å². The van der Waals surface area contributed by atoms with Crippen LogP contribution < -0.4 is 5.32 Å². The highest BCUT2D eigenvalue weighted by molar-refractivity contribution is 7.99. The number of amidine groups is 1. The van der Waals surface area contributed by atoms with Crippen LogP contribution in [0.25, 0.3) is 22.3 Å². The second kappa shape index (κ2) is 10.7. The lowest BCUT2D eigenvalue weighted by Crippen LogP contribution is -2.32. The average Bonchev–Trinajstić information content (AvgIpc) is 3.08. The van der Waals surface area contributed by atoms with Gasteiger partial charge in [0, 0.05) is 26.3 Å². The molecule has 1 unspecified atom stereocenters. The van der Waals surface area contributed by atoms with Gasteiger partial charge in [0.1, 0.15) is 5.84 Å². The van der Waals surface area contributed by atoms with Crippen LogP contribution in [0.5, 0.6) is 0 Å². The summed E-state index contributed by atoms with van der Waals surface area (Å²) in [6, 6.07) is 52.5. The molecular weight excluding hydrogens is 553 g/mol. The van der Waals surface area contributed by atoms with Crippen molar-refractivity contribution in [2.45, 2.75) is 35.1 Å². The predicted octanol–water partition coefficient (Wildman–Crippen LogP) is 10.6. The number of hydrogen-bond acceptors (Lipinski definition) is 3. The molecule has 2 nitrogen and oxygen atoms in total. The maximum absolute atomic E-state index is 5.00. The first-order valence-electron chi connectivity index (χ1n) is 15.2. The van der Waals surface area contributed by atoms with Gasteiger partial charge in [0.25, 0.3) is 0 Å². The molecule has 1 N–H and O–H groups in total. The van der Waals surface area contributed by atoms with Crippen molar-refractivity contribution in [1.82, 2.24) is 5.32 Å². The third-order valence-corrected chi connectivity index (χ3v) is 10.2. The van der Waals surface area contributed by atoms with Gasteiger partial charge in [-0.3, -0.25) is 0 Å². The molecule has 2 aliphatic rings. The summed E-state index contributed by atoms with van der Waals surface area (Å²) in [5.74, 6) is 0.899. The van der Waals surface area contributed by atoms with Gasteiger partial charge in [-0.25, -0.2) is 4.99 Å². The molecular formula is C41H32N2S. The van der Waals surface area contributed by atoms with Crippen molar-refractivity contribution >= 4 is 23.3 Å². The van der Waals surface area contributed by atoms with Gasteiger partial charge in [-0.2, -0.15) is 0 Å². The Hall–Kier alpha value is -4.86. The molecule has 0 amide bonds. The van der Waals surface area contributed by atoms with Crippen molar-refractivity contribution in [2.75, 3.05) is 0 Å². The Morgan fingerprint density at radius 3 is 1.86 bits per heavy atom. The first-order valence-corrected chi connectivity index (χ1v) is 16.0. The van der Waals surface area contributed by atoms with E-state index in [0.29, 0.717) is 0 Å². The fourth-order valence-electron chi connectivity index (χ4n) is 6.56. The van der Waals surface area contributed by atoms with E-state index in [1.54, 1.807) is 0 Å². The monoisotopic (exact) mass is 584 g/mol. The first-order chi connectivity index (χ1) is 21.5. The Kier molecular flexibility index (Phi) is 6.50. The normalized spacial score (nSPS) is 16.1. The number of nitrogens with zero attached hydrogens (tertiary/aromatic N) is 1. The number of benzene rings is 6. The molecule has 0 aliphatic carbocycles. The summed E-state index contributed by atoms with van der Waals surface area (Å²) in [6.07, 6.45) is 0. The minimum absolute atomic E-state index is 0.0322. The van der Waals surface area contributed by atoms with Gasteiger partial charge in [0.05, 0.1) is 11.7 Å². The van der Waals surface area contributed by atoms with Crippen molar-refractivity contribution in [1.29, 1.82) is 0 Å². The molecule has 6 aromatic rings. The van der Waals surface area contributed by atoms with Crippen LogP contribution in [0.4, 0.5) is 5.69 Å². The highest BCUT2D eigenvalue weighted by atomic mass is 32.2. The van der Waals surface area contributed by atoms with Crippen LogP contribution in [0.1, 0.15) is 47.7 Å². The Bertz CT molecular complexity index is 2020. The lowest BCUT2D eigenvalue weighted by atomic mass is 9.77. The number of rotatable bonds is 4. The van der Waals surface area contributed by atoms with Gasteiger partial charge in [-0.1, -0.05) is 147 Å². The lowest BCUT2D eigenvalue weighted by Gasteiger charge is -2.34. The zero-order valence-corrected chi connectivity index (χ0v) is 25.6. The van der Waals surface area contributed by atoms with E-state index in [9.17, 15) is 0 Å². The van der Waals surface area contributed by atoms with Crippen LogP contribution in [0.3, 0.4) is 0 Å². The van der Waals surface area contributed by atoms with E-state index in [-0.39, 0.29) is 11.5 Å². The van der Waals surface area contributed by atoms with Gasteiger partial charge in [-0.15, -0.1) is 0 Å². The van der Waals surface area contributed by atoms with E-state index < -0.39 is 0 Å². The molecule has 8 rings (SSSR count). The smallest absolute Gasteiger partial charge is 0.134 e. The highest BCUT2D eigenvalue weighted by Gasteiger charge is 2.33. The van der Waals surface area contributed by atoms with E-state index in [1.165, 1.54) is 54.3 Å². The van der Waals surface area contributed by atoms with Crippen LogP contribution in [-0.2, 0) is 5.41 Å². The zero-order chi connectivity index (χ0) is 29.7. The van der Waals surface area contributed by atoms with Gasteiger partial charge in [-0.05, 0) is 63.2 Å². The second-order valence-corrected chi connectivity index (χ2v) is 13.2. The van der Waals surface area contributed by atoms with Crippen molar-refractivity contribution in [3.8, 4) is 22.3 Å². The topological polar surface area (TPSA) is 24.4 Å². The fourth-order valence-corrected chi connectivity index (χ4v) is 7.93. The van der Waals surface area contributed by atoms with Gasteiger partial charge < -0.3 is 5.32 Å². The largest absolute Gasteiger partial charge is 0.359 e. The standard InChI is InChI=1S/C41H32N2S/c1-41(2)34-13-7-9-15-37(34)44-38-25-24-32(26-35(38)41)29-18-16-27(17-19-29)28-20-22-31(23-21-28)40-42-36-14-8-6-12-33(36)39(43-40)30-10-4-3-5-11-30/h3-26,39H,1-2H3,(H,42,43). The van der Waals surface area contributed by atoms with Crippen LogP contribution in [-0.4, -0.2) is 5.84 Å². The molecule has 0 radical (unpaired) electrons. The summed E-state index contributed by atoms with van der Waals surface area (Å²) in [7, 11) is 0. The fraction of sp³-hybridized carbons (Fsp3) is 0.0976. The van der Waals surface area contributed by atoms with E-state index >= 15 is 0 Å². The Morgan fingerprint density at radius 2 is 1.11 bits per heavy atom. The molecule has 3 heteroatoms. The maximum Gasteiger partial charge on any atom is 0.134 e. The highest BCUT2D eigenvalue weighted by Crippen LogP contribution is 2.49. The minimum atomic E-state index is -0.0322. The number of fused-ring (bicyclic) bond motifs is 3. The molecule has 6 aromatic carbocycles. The summed E-state index contributed by atoms with van der Waals surface area (Å²) in [6.45, 7) is 4.69. The van der Waals surface area contributed by atoms with Crippen molar-refractivity contribution in [3.05, 3.63) is 173 Å². The molecule has 0 spiro atoms. The number of para-hydroxylation sites is 1. The summed E-state index contributed by atoms with van der Waals surface area (Å²) < 4.78 is 0. The second-order valence-electron chi connectivity index (χ2n) is 12.1. The summed E-state index contributed by atoms with van der Waals surface area (Å²) in [4.78, 5) is 7.71. The van der Waals surface area contributed by atoms with E-state index in [1.807, 2.05) is 11.8 Å². The molecule has 0 saturated heterocycles. The molecule has 0 fully saturated rings. The molecule has 2 aliphatic heterocycles. The molecule has 0 bridgehead atoms. The third-order valence-electron chi connectivity index (χ3n) is 9.04. The zero-order valence-electron chi connectivity index (χ0n) is 24.8. The SMILES string of the molecule is CC1(C)c2ccccc2Sc2ccc(-c3ccc(-c4ccc(C5=Nc6ccccc6C(c6ccccc6)N5)cc4)cc3)cc21. The summed E-state index contributed by atoms with van der Waals surface area (Å²) >= 11 is 1.88. The predicted molar refractivity (Wildman–Crippen MR) is 184 cm³/mol. The molecule has 1 atom stereocenters. The number of nitrogens with one attached hydrogen (secondary N) is 1. The maximum atomic E-state index is 5.00. The van der Waals surface area contributed by atoms with Crippen LogP contribution in [0, 0.1) is 0 Å². The van der Waals surface area contributed by atoms with Crippen LogP contribution in [0.2, 0.25) is 0 Å². The first kappa shape index (κ1) is 26.7. The molecule has 0 aromatic heterocycles. The third kappa shape index (κ3) is 4.65. The molecule has 44 heavy (non-hydrogen) atoms. The molecule has 212 valence electrons. The van der Waals surface area contributed by atoms with E-state index in [0.717, 1.165) is 17.1 Å². The average molecular weight is 585 g/mol. The Balaban J connectivity index is 1.05. The molecule has 2 heterocycles. The minimum Gasteiger partial charge on any atom is -0.359 e. The van der Waals surface area contributed by atoms with Crippen molar-refractivity contribution in [3.63, 3.8) is 0 Å². The quantitative estimate of drug-likeness (QED) is 0.223. The van der Waals surface area contributed by atoms with E-state index in [4.69, 9.17) is 4.99 Å². The van der Waals surface area contributed by atoms with Gasteiger partial charge >= 0.3 is 0 Å². The Morgan fingerprint density at radius 1 is 0.545 bits per heavy atom. The number of hydrogen-bond donors (Lipinski definition) is 1. The summed E-state index contributed by atoms with van der Waals surface area (Å²) in [5.41, 5.74) is 12.2. The van der Waals surface area contributed by atoms with Crippen molar-refractivity contribution in [2.24, 2.45) is 4.99 Å². The van der Waals surface area contributed by atoms with Gasteiger partial charge in [0.2, 0.25) is 0 Å². The van der Waals surface area contributed by atoms with E-state index in [2.05, 4.69) is 165 Å². The summed E-state index contributed by atoms with van der Waals surface area (Å²) in [5, 5.41) is 3.71. The number of aliphatic imine (C=N–C) groups is 1. The van der Waals surface area contributed by atoms with Crippen molar-refractivity contribution < 1.29 is 0 Å². The molecule has 0 saturated carbocycles. The lowest BCUT2D eigenvalue weighted by molar-refractivity contribution is 0.607. The van der Waals surface area contributed by atoms with Crippen LogP contribution in [0.15, 0.2) is 160 Å². The Labute approximate surface area is 263 Å².